The first-order valence-corrected chi connectivity index (χ1v) is 11.7. The fourth-order valence-electron chi connectivity index (χ4n) is 3.20. The molecule has 0 aliphatic heterocycles. The maximum absolute atomic E-state index is 12.9. The van der Waals surface area contributed by atoms with Gasteiger partial charge >= 0.3 is 5.97 Å². The molecule has 4 unspecified atom stereocenters. The van der Waals surface area contributed by atoms with Crippen LogP contribution in [-0.2, 0) is 25.6 Å². The van der Waals surface area contributed by atoms with Crippen molar-refractivity contribution in [2.45, 2.75) is 69.6 Å². The maximum atomic E-state index is 12.9. The predicted octanol–water partition coefficient (Wildman–Crippen LogP) is -2.98. The van der Waals surface area contributed by atoms with E-state index in [-0.39, 0.29) is 31.8 Å². The van der Waals surface area contributed by atoms with Gasteiger partial charge in [0.15, 0.2) is 5.96 Å². The van der Waals surface area contributed by atoms with Crippen molar-refractivity contribution in [3.05, 3.63) is 18.2 Å². The van der Waals surface area contributed by atoms with Crippen LogP contribution < -0.4 is 38.9 Å². The van der Waals surface area contributed by atoms with Crippen LogP contribution in [0.1, 0.15) is 44.7 Å². The molecule has 0 fully saturated rings. The molecule has 0 saturated carbocycles. The van der Waals surface area contributed by atoms with E-state index >= 15 is 0 Å². The average molecular weight is 511 g/mol. The van der Waals surface area contributed by atoms with Gasteiger partial charge < -0.3 is 49.0 Å². The fourth-order valence-corrected chi connectivity index (χ4v) is 3.20. The molecule has 0 saturated heterocycles. The molecule has 36 heavy (non-hydrogen) atoms. The van der Waals surface area contributed by atoms with Crippen molar-refractivity contribution < 1.29 is 24.3 Å². The molecule has 202 valence electrons. The average Bonchev–Trinajstić information content (AvgIpc) is 3.32. The van der Waals surface area contributed by atoms with Crippen LogP contribution in [-0.4, -0.2) is 82.0 Å². The van der Waals surface area contributed by atoms with Crippen molar-refractivity contribution in [1.29, 1.82) is 0 Å². The normalized spacial score (nSPS) is 14.1. The van der Waals surface area contributed by atoms with Gasteiger partial charge in [0, 0.05) is 24.9 Å². The summed E-state index contributed by atoms with van der Waals surface area (Å²) in [5, 5.41) is 16.9. The molecule has 13 N–H and O–H groups in total. The van der Waals surface area contributed by atoms with Crippen molar-refractivity contribution in [1.82, 2.24) is 25.9 Å². The summed E-state index contributed by atoms with van der Waals surface area (Å²) in [6.07, 6.45) is 5.04. The Hall–Kier alpha value is -3.72. The summed E-state index contributed by atoms with van der Waals surface area (Å²) in [5.74, 6) is -3.18. The number of aromatic amines is 1. The van der Waals surface area contributed by atoms with Gasteiger partial charge in [-0.15, -0.1) is 0 Å². The number of guanidine groups is 1. The third kappa shape index (κ3) is 11.6. The number of hydrogen-bond donors (Lipinski definition) is 9. The van der Waals surface area contributed by atoms with Crippen LogP contribution in [0, 0.1) is 0 Å². The quantitative estimate of drug-likeness (QED) is 0.0582. The highest BCUT2D eigenvalue weighted by atomic mass is 16.4. The Morgan fingerprint density at radius 3 is 2.28 bits per heavy atom. The molecule has 15 heteroatoms. The van der Waals surface area contributed by atoms with Crippen molar-refractivity contribution in [2.24, 2.45) is 27.9 Å². The number of unbranched alkanes of at least 4 members (excludes halogenated alkanes) is 1. The van der Waals surface area contributed by atoms with Crippen molar-refractivity contribution in [3.8, 4) is 0 Å². The molecular weight excluding hydrogens is 472 g/mol. The second kappa shape index (κ2) is 16.0. The Labute approximate surface area is 209 Å². The summed E-state index contributed by atoms with van der Waals surface area (Å²) in [4.78, 5) is 60.1. The van der Waals surface area contributed by atoms with Gasteiger partial charge in [0.1, 0.15) is 18.1 Å². The Kier molecular flexibility index (Phi) is 13.5. The highest BCUT2D eigenvalue weighted by Gasteiger charge is 2.28. The molecule has 0 aliphatic rings. The summed E-state index contributed by atoms with van der Waals surface area (Å²) in [5.41, 5.74) is 22.7. The fraction of sp³-hybridized carbons (Fsp3) is 0.619. The highest BCUT2D eigenvalue weighted by molar-refractivity contribution is 5.93. The van der Waals surface area contributed by atoms with Crippen LogP contribution in [0.5, 0.6) is 0 Å². The van der Waals surface area contributed by atoms with Gasteiger partial charge in [0.05, 0.1) is 12.4 Å². The van der Waals surface area contributed by atoms with Crippen LogP contribution in [0.4, 0.5) is 0 Å². The molecule has 15 nitrogen and oxygen atoms in total. The maximum Gasteiger partial charge on any atom is 0.326 e. The summed E-state index contributed by atoms with van der Waals surface area (Å²) in [6, 6.07) is -4.16. The Morgan fingerprint density at radius 2 is 1.69 bits per heavy atom. The van der Waals surface area contributed by atoms with Crippen LogP contribution in [0.15, 0.2) is 17.5 Å². The highest BCUT2D eigenvalue weighted by Crippen LogP contribution is 2.04. The van der Waals surface area contributed by atoms with E-state index in [0.717, 1.165) is 0 Å². The second-order valence-corrected chi connectivity index (χ2v) is 8.31. The van der Waals surface area contributed by atoms with Gasteiger partial charge in [0.2, 0.25) is 17.7 Å². The first-order chi connectivity index (χ1) is 17.0. The molecule has 0 bridgehead atoms. The number of aliphatic carboxylic acids is 1. The number of rotatable bonds is 17. The number of aromatic nitrogens is 2. The Bertz CT molecular complexity index is 872. The predicted molar refractivity (Wildman–Crippen MR) is 132 cm³/mol. The molecule has 4 atom stereocenters. The standard InChI is InChI=1S/C21H38N10O5/c1-12(17(32)31-16(20(35)36)5-2-3-7-22)29-19(34)15(6-4-8-27-21(24)25)30-18(33)14(23)9-13-10-26-11-28-13/h10-12,14-16H,2-9,22-23H2,1H3,(H,26,28)(H,29,34)(H,30,33)(H,31,32)(H,35,36)(H4,24,25,27). The van der Waals surface area contributed by atoms with E-state index in [1.807, 2.05) is 0 Å². The number of hydrogen-bond acceptors (Lipinski definition) is 8. The molecule has 0 radical (unpaired) electrons. The lowest BCUT2D eigenvalue weighted by atomic mass is 10.1. The van der Waals surface area contributed by atoms with Gasteiger partial charge in [-0.2, -0.15) is 0 Å². The number of nitrogens with zero attached hydrogens (tertiary/aromatic N) is 2. The van der Waals surface area contributed by atoms with Crippen molar-refractivity contribution >= 4 is 29.7 Å². The van der Waals surface area contributed by atoms with Crippen molar-refractivity contribution in [3.63, 3.8) is 0 Å². The van der Waals surface area contributed by atoms with Crippen molar-refractivity contribution in [2.75, 3.05) is 13.1 Å². The number of amides is 3. The molecule has 3 amide bonds. The number of nitrogens with one attached hydrogen (secondary N) is 4. The van der Waals surface area contributed by atoms with Gasteiger partial charge in [-0.25, -0.2) is 9.78 Å². The molecule has 1 aromatic heterocycles. The third-order valence-corrected chi connectivity index (χ3v) is 5.22. The minimum Gasteiger partial charge on any atom is -0.480 e. The molecule has 0 aliphatic carbocycles. The molecule has 1 rings (SSSR count). The Balaban J connectivity index is 2.78. The molecule has 0 spiro atoms. The number of nitrogens with two attached hydrogens (primary N) is 4. The lowest BCUT2D eigenvalue weighted by molar-refractivity contribution is -0.142. The van der Waals surface area contributed by atoms with Crippen LogP contribution in [0.2, 0.25) is 0 Å². The first kappa shape index (κ1) is 30.3. The summed E-state index contributed by atoms with van der Waals surface area (Å²) in [6.45, 7) is 2.05. The van der Waals surface area contributed by atoms with Gasteiger partial charge in [-0.05, 0) is 45.6 Å². The van der Waals surface area contributed by atoms with Crippen LogP contribution >= 0.6 is 0 Å². The topological polar surface area (TPSA) is 270 Å². The van der Waals surface area contributed by atoms with Gasteiger partial charge in [-0.3, -0.25) is 19.4 Å². The summed E-state index contributed by atoms with van der Waals surface area (Å²) in [7, 11) is 0. The summed E-state index contributed by atoms with van der Waals surface area (Å²) >= 11 is 0. The number of H-pyrrole nitrogens is 1. The smallest absolute Gasteiger partial charge is 0.326 e. The molecule has 1 aromatic rings. The molecule has 1 heterocycles. The van der Waals surface area contributed by atoms with E-state index in [0.29, 0.717) is 31.5 Å². The zero-order chi connectivity index (χ0) is 27.1. The SMILES string of the molecule is CC(NC(=O)C(CCCN=C(N)N)NC(=O)C(N)Cc1cnc[nH]1)C(=O)NC(CCCCN)C(=O)O. The first-order valence-electron chi connectivity index (χ1n) is 11.7. The zero-order valence-corrected chi connectivity index (χ0v) is 20.4. The number of carboxylic acid groups (broad SMARTS) is 1. The van der Waals surface area contributed by atoms with Crippen LogP contribution in [0.25, 0.3) is 0 Å². The largest absolute Gasteiger partial charge is 0.480 e. The number of aliphatic imine (C=N–C) groups is 1. The monoisotopic (exact) mass is 510 g/mol. The van der Waals surface area contributed by atoms with E-state index in [1.54, 1.807) is 0 Å². The number of imidazole rings is 1. The summed E-state index contributed by atoms with van der Waals surface area (Å²) < 4.78 is 0. The van der Waals surface area contributed by atoms with Gasteiger partial charge in [-0.1, -0.05) is 0 Å². The number of carbonyl (C=O) groups is 4. The number of carboxylic acids is 1. The number of carbonyl (C=O) groups excluding carboxylic acids is 3. The lowest BCUT2D eigenvalue weighted by Gasteiger charge is -2.23. The minimum absolute atomic E-state index is 0.105. The van der Waals surface area contributed by atoms with E-state index in [9.17, 15) is 24.3 Å². The molecular formula is C21H38N10O5. The van der Waals surface area contributed by atoms with E-state index < -0.39 is 47.9 Å². The zero-order valence-electron chi connectivity index (χ0n) is 20.4. The van der Waals surface area contributed by atoms with E-state index in [4.69, 9.17) is 22.9 Å². The lowest BCUT2D eigenvalue weighted by Crippen LogP contribution is -2.56. The Morgan fingerprint density at radius 1 is 1.03 bits per heavy atom. The van der Waals surface area contributed by atoms with Gasteiger partial charge in [0.25, 0.3) is 0 Å². The van der Waals surface area contributed by atoms with Crippen LogP contribution in [0.3, 0.4) is 0 Å². The van der Waals surface area contributed by atoms with E-state index in [2.05, 4.69) is 30.9 Å². The minimum atomic E-state index is -1.19. The molecule has 0 aromatic carbocycles. The second-order valence-electron chi connectivity index (χ2n) is 8.31. The van der Waals surface area contributed by atoms with E-state index in [1.165, 1.54) is 19.4 Å². The third-order valence-electron chi connectivity index (χ3n) is 5.22.